The van der Waals surface area contributed by atoms with E-state index < -0.39 is 45.9 Å². The largest absolute Gasteiger partial charge is 0.387 e. The molecule has 1 aliphatic heterocycles. The van der Waals surface area contributed by atoms with E-state index >= 15 is 21.0 Å². The van der Waals surface area contributed by atoms with Crippen molar-refractivity contribution in [2.24, 2.45) is 27.1 Å². The third-order valence-corrected chi connectivity index (χ3v) is 17.4. The van der Waals surface area contributed by atoms with Crippen molar-refractivity contribution in [3.8, 4) is 0 Å². The van der Waals surface area contributed by atoms with Crippen LogP contribution in [0.3, 0.4) is 0 Å². The predicted molar refractivity (Wildman–Crippen MR) is 109 cm³/mol. The van der Waals surface area contributed by atoms with Crippen molar-refractivity contribution in [3.63, 3.8) is 0 Å². The van der Waals surface area contributed by atoms with Crippen LogP contribution in [-0.4, -0.2) is 48.9 Å². The van der Waals surface area contributed by atoms with E-state index in [2.05, 4.69) is 49.7 Å². The fraction of sp³-hybridized carbons (Fsp3) is 1.00. The fourth-order valence-electron chi connectivity index (χ4n) is 1.56. The highest BCUT2D eigenvalue weighted by atomic mass is 31.3. The molecule has 22 heteroatoms. The number of halogens is 5. The maximum Gasteiger partial charge on any atom is 0.387 e. The first-order chi connectivity index (χ1) is 13.0. The van der Waals surface area contributed by atoms with Gasteiger partial charge >= 0.3 is 38.7 Å². The number of rotatable bonds is 5. The zero-order chi connectivity index (χ0) is 22.8. The molecule has 0 aromatic heterocycles. The smallest absolute Gasteiger partial charge is 0.307 e. The second kappa shape index (κ2) is 9.76. The van der Waals surface area contributed by atoms with Crippen molar-refractivity contribution in [1.29, 1.82) is 0 Å². The summed E-state index contributed by atoms with van der Waals surface area (Å²) in [6.07, 6.45) is 0. The summed E-state index contributed by atoms with van der Waals surface area (Å²) in [6, 6.07) is 0. The molecule has 0 N–H and O–H groups in total. The van der Waals surface area contributed by atoms with Crippen LogP contribution in [0.5, 0.6) is 0 Å². The van der Waals surface area contributed by atoms with Crippen molar-refractivity contribution in [1.82, 2.24) is 0 Å². The molecule has 5 unspecified atom stereocenters. The van der Waals surface area contributed by atoms with E-state index in [1.807, 2.05) is 0 Å². The molecule has 174 valence electrons. The van der Waals surface area contributed by atoms with Gasteiger partial charge in [0.05, 0.1) is 7.21 Å². The molecule has 0 fully saturated rings. The summed E-state index contributed by atoms with van der Waals surface area (Å²) in [7, 11) is -25.0. The van der Waals surface area contributed by atoms with Crippen LogP contribution in [-0.2, 0) is 22.6 Å². The third-order valence-electron chi connectivity index (χ3n) is 2.70. The van der Waals surface area contributed by atoms with Gasteiger partial charge in [0.1, 0.15) is 0 Å². The quantitative estimate of drug-likeness (QED) is 0.250. The topological polar surface area (TPSA) is 120 Å². The molecule has 0 spiro atoms. The molecule has 1 rings (SSSR count). The highest BCUT2D eigenvalue weighted by Gasteiger charge is 2.38. The van der Waals surface area contributed by atoms with Gasteiger partial charge in [-0.15, -0.1) is 18.1 Å². The molecule has 29 heavy (non-hydrogen) atoms. The van der Waals surface area contributed by atoms with E-state index in [0.717, 1.165) is 28.4 Å². The van der Waals surface area contributed by atoms with Gasteiger partial charge in [0, 0.05) is 35.5 Å². The van der Waals surface area contributed by atoms with Gasteiger partial charge in [0.25, 0.3) is 0 Å². The lowest BCUT2D eigenvalue weighted by atomic mass is 11.8. The first-order valence-electron chi connectivity index (χ1n) is 7.09. The molecule has 0 saturated heterocycles. The van der Waals surface area contributed by atoms with Gasteiger partial charge in [-0.3, -0.25) is 0 Å². The minimum absolute atomic E-state index is 0.679. The standard InChI is InChI=1S/C7H21F5N6O5P6/c1-19-25(8)13-24(6,7)14-26(9,20-2)16-28(11,22-4)18-29(12,23-5)17-27(10,15-25)21-3/h1-7H3. The van der Waals surface area contributed by atoms with Gasteiger partial charge in [-0.05, 0) is 13.3 Å². The maximum absolute atomic E-state index is 15.1. The summed E-state index contributed by atoms with van der Waals surface area (Å²) in [6.45, 7) is 2.38. The van der Waals surface area contributed by atoms with E-state index in [9.17, 15) is 0 Å². The zero-order valence-corrected chi connectivity index (χ0v) is 21.7. The number of hydrogen-bond donors (Lipinski definition) is 0. The minimum Gasteiger partial charge on any atom is -0.307 e. The lowest BCUT2D eigenvalue weighted by Gasteiger charge is -2.21. The molecule has 5 atom stereocenters. The van der Waals surface area contributed by atoms with E-state index in [1.54, 1.807) is 0 Å². The SMILES string of the molecule is COP1(F)=NP(C)(C)=NP(F)(OC)=NP(F)(OC)=NP(F)(OC)=NP(F)(OC)=N1. The summed E-state index contributed by atoms with van der Waals surface area (Å²) in [5, 5.41) is 0. The molecule has 11 nitrogen and oxygen atoms in total. The van der Waals surface area contributed by atoms with Crippen LogP contribution in [0.1, 0.15) is 0 Å². The second-order valence-electron chi connectivity index (χ2n) is 5.15. The van der Waals surface area contributed by atoms with Gasteiger partial charge in [0.15, 0.2) is 0 Å². The Morgan fingerprint density at radius 2 is 0.621 bits per heavy atom. The molecule has 0 aromatic carbocycles. The van der Waals surface area contributed by atoms with E-state index in [0.29, 0.717) is 7.11 Å². The van der Waals surface area contributed by atoms with Crippen molar-refractivity contribution in [3.05, 3.63) is 0 Å². The predicted octanol–water partition coefficient (Wildman–Crippen LogP) is 9.19. The maximum atomic E-state index is 15.1. The summed E-state index contributed by atoms with van der Waals surface area (Å²) >= 11 is 0. The molecule has 0 aliphatic carbocycles. The Balaban J connectivity index is 4.33. The van der Waals surface area contributed by atoms with Crippen LogP contribution in [0.4, 0.5) is 21.0 Å². The fourth-order valence-corrected chi connectivity index (χ4v) is 15.9. The van der Waals surface area contributed by atoms with Gasteiger partial charge in [0.2, 0.25) is 0 Å². The van der Waals surface area contributed by atoms with Crippen molar-refractivity contribution < 1.29 is 43.6 Å². The van der Waals surface area contributed by atoms with Crippen molar-refractivity contribution >= 4 is 45.9 Å². The summed E-state index contributed by atoms with van der Waals surface area (Å²) in [4.78, 5) is 0. The van der Waals surface area contributed by atoms with Crippen molar-refractivity contribution in [2.75, 3.05) is 48.9 Å². The third kappa shape index (κ3) is 7.73. The lowest BCUT2D eigenvalue weighted by Crippen LogP contribution is -1.85. The normalized spacial score (nSPS) is 43.0. The van der Waals surface area contributed by atoms with Crippen LogP contribution in [0, 0.1) is 0 Å². The Morgan fingerprint density at radius 3 is 0.862 bits per heavy atom. The van der Waals surface area contributed by atoms with Gasteiger partial charge in [-0.1, -0.05) is 0 Å². The van der Waals surface area contributed by atoms with Crippen LogP contribution in [0.2, 0.25) is 0 Å². The highest BCUT2D eigenvalue weighted by molar-refractivity contribution is 7.80. The van der Waals surface area contributed by atoms with Crippen LogP contribution in [0.25, 0.3) is 0 Å². The molecule has 0 radical (unpaired) electrons. The minimum atomic E-state index is -5.26. The van der Waals surface area contributed by atoms with Gasteiger partial charge in [-0.2, -0.15) is 30.0 Å². The first kappa shape index (κ1) is 27.9. The van der Waals surface area contributed by atoms with E-state index in [1.165, 1.54) is 13.3 Å². The molecule has 1 aliphatic rings. The summed E-state index contributed by atoms with van der Waals surface area (Å²) in [5.74, 6) is 0. The Labute approximate surface area is 166 Å². The highest BCUT2D eigenvalue weighted by Crippen LogP contribution is 2.80. The Hall–Kier alpha value is 0.830. The average molecular weight is 550 g/mol. The second-order valence-corrected chi connectivity index (χ2v) is 18.7. The molecule has 0 aromatic rings. The first-order valence-corrected chi connectivity index (χ1v) is 17.2. The number of hydrogen-bond acceptors (Lipinski definition) is 11. The Kier molecular flexibility index (Phi) is 9.38. The van der Waals surface area contributed by atoms with E-state index in [-0.39, 0.29) is 0 Å². The Morgan fingerprint density at radius 1 is 0.414 bits per heavy atom. The summed E-state index contributed by atoms with van der Waals surface area (Å²) in [5.41, 5.74) is 0. The Bertz CT molecular complexity index is 970. The average Bonchev–Trinajstić information content (AvgIpc) is 2.59. The molecular formula is C7H21F5N6O5P6. The summed E-state index contributed by atoms with van der Waals surface area (Å²) < 4.78 is 117. The molecule has 0 saturated carbocycles. The zero-order valence-electron chi connectivity index (χ0n) is 16.3. The molecular weight excluding hydrogens is 529 g/mol. The van der Waals surface area contributed by atoms with Gasteiger partial charge < -0.3 is 22.6 Å². The monoisotopic (exact) mass is 550 g/mol. The molecule has 0 amide bonds. The van der Waals surface area contributed by atoms with Crippen LogP contribution >= 0.6 is 45.9 Å². The van der Waals surface area contributed by atoms with Crippen LogP contribution < -0.4 is 0 Å². The van der Waals surface area contributed by atoms with E-state index in [4.69, 9.17) is 0 Å². The number of nitrogens with zero attached hydrogens (tertiary/aromatic N) is 6. The lowest BCUT2D eigenvalue weighted by molar-refractivity contribution is 0.399. The van der Waals surface area contributed by atoms with Crippen LogP contribution in [0.15, 0.2) is 27.1 Å². The van der Waals surface area contributed by atoms with Gasteiger partial charge in [-0.25, -0.2) is 0 Å². The van der Waals surface area contributed by atoms with Crippen molar-refractivity contribution in [2.45, 2.75) is 0 Å². The molecule has 1 heterocycles. The molecule has 0 bridgehead atoms.